The van der Waals surface area contributed by atoms with E-state index in [2.05, 4.69) is 20.6 Å². The van der Waals surface area contributed by atoms with Crippen molar-refractivity contribution in [2.45, 2.75) is 20.0 Å². The average Bonchev–Trinajstić information content (AvgIpc) is 2.67. The van der Waals surface area contributed by atoms with Crippen LogP contribution < -0.4 is 15.4 Å². The van der Waals surface area contributed by atoms with Gasteiger partial charge < -0.3 is 15.4 Å². The Morgan fingerprint density at radius 2 is 1.61 bits per heavy atom. The first kappa shape index (κ1) is 21.8. The van der Waals surface area contributed by atoms with E-state index in [1.807, 2.05) is 0 Å². The molecule has 2 amide bonds. The van der Waals surface area contributed by atoms with Crippen molar-refractivity contribution in [3.05, 3.63) is 60.4 Å². The molecule has 0 fully saturated rings. The third-order valence-corrected chi connectivity index (χ3v) is 3.99. The summed E-state index contributed by atoms with van der Waals surface area (Å²) >= 11 is 0. The number of aromatic nitrogens is 2. The van der Waals surface area contributed by atoms with Crippen molar-refractivity contribution < 1.29 is 27.5 Å². The number of carbonyl (C=O) groups excluding carboxylic acids is 2. The monoisotopic (exact) mass is 430 g/mol. The maximum absolute atomic E-state index is 13.7. The Morgan fingerprint density at radius 3 is 2.23 bits per heavy atom. The van der Waals surface area contributed by atoms with E-state index in [9.17, 15) is 22.8 Å². The Hall–Kier alpha value is -3.95. The molecule has 0 saturated carbocycles. The van der Waals surface area contributed by atoms with Crippen LogP contribution in [0.15, 0.2) is 54.9 Å². The molecule has 0 saturated heterocycles. The van der Waals surface area contributed by atoms with Crippen molar-refractivity contribution in [3.63, 3.8) is 0 Å². The van der Waals surface area contributed by atoms with E-state index in [0.717, 1.165) is 6.92 Å². The highest BCUT2D eigenvalue weighted by Gasteiger charge is 2.36. The number of nitrogens with zero attached hydrogens (tertiary/aromatic N) is 2. The lowest BCUT2D eigenvalue weighted by molar-refractivity contribution is -0.136. The fourth-order valence-electron chi connectivity index (χ4n) is 2.86. The van der Waals surface area contributed by atoms with Gasteiger partial charge >= 0.3 is 6.18 Å². The van der Waals surface area contributed by atoms with Crippen LogP contribution in [0.3, 0.4) is 0 Å². The molecule has 31 heavy (non-hydrogen) atoms. The van der Waals surface area contributed by atoms with Crippen LogP contribution in [0.2, 0.25) is 0 Å². The standard InChI is InChI=1S/C21H17F3N4O3/c1-12(29)27-17-5-3-4-16(20(17)21(22,23)24)14-6-8-15(9-7-14)31-19-10-18(25-11-26-19)28-13(2)30/h3-11H,1-2H3,(H,27,29)(H,25,26,28,30). The minimum Gasteiger partial charge on any atom is -0.439 e. The first-order chi connectivity index (χ1) is 14.6. The second kappa shape index (κ2) is 8.82. The summed E-state index contributed by atoms with van der Waals surface area (Å²) in [6.45, 7) is 2.47. The third kappa shape index (κ3) is 5.56. The van der Waals surface area contributed by atoms with Crippen molar-refractivity contribution >= 4 is 23.3 Å². The summed E-state index contributed by atoms with van der Waals surface area (Å²) in [5.74, 6) is -0.192. The Balaban J connectivity index is 1.90. The smallest absolute Gasteiger partial charge is 0.419 e. The summed E-state index contributed by atoms with van der Waals surface area (Å²) in [4.78, 5) is 30.2. The number of amides is 2. The summed E-state index contributed by atoms with van der Waals surface area (Å²) in [6.07, 6.45) is -3.47. The van der Waals surface area contributed by atoms with Crippen molar-refractivity contribution in [1.82, 2.24) is 9.97 Å². The first-order valence-corrected chi connectivity index (χ1v) is 8.99. The van der Waals surface area contributed by atoms with E-state index in [4.69, 9.17) is 4.74 Å². The molecule has 0 radical (unpaired) electrons. The van der Waals surface area contributed by atoms with Crippen LogP contribution in [-0.4, -0.2) is 21.8 Å². The quantitative estimate of drug-likeness (QED) is 0.602. The topological polar surface area (TPSA) is 93.2 Å². The molecule has 0 unspecified atom stereocenters. The number of hydrogen-bond acceptors (Lipinski definition) is 5. The highest BCUT2D eigenvalue weighted by molar-refractivity contribution is 5.91. The molecule has 3 aromatic rings. The Bertz CT molecular complexity index is 1120. The zero-order valence-corrected chi connectivity index (χ0v) is 16.4. The van der Waals surface area contributed by atoms with Crippen molar-refractivity contribution in [3.8, 4) is 22.8 Å². The normalized spacial score (nSPS) is 11.0. The molecule has 0 bridgehead atoms. The molecule has 0 aliphatic carbocycles. The molecular weight excluding hydrogens is 413 g/mol. The zero-order valence-electron chi connectivity index (χ0n) is 16.4. The summed E-state index contributed by atoms with van der Waals surface area (Å²) in [5.41, 5.74) is -1.05. The lowest BCUT2D eigenvalue weighted by Crippen LogP contribution is -2.15. The van der Waals surface area contributed by atoms with E-state index in [-0.39, 0.29) is 34.4 Å². The van der Waals surface area contributed by atoms with Gasteiger partial charge in [-0.05, 0) is 29.3 Å². The third-order valence-electron chi connectivity index (χ3n) is 3.99. The fraction of sp³-hybridized carbons (Fsp3) is 0.143. The molecule has 7 nitrogen and oxygen atoms in total. The summed E-state index contributed by atoms with van der Waals surface area (Å²) in [7, 11) is 0. The van der Waals surface area contributed by atoms with Crippen molar-refractivity contribution in [1.29, 1.82) is 0 Å². The number of anilines is 2. The Labute approximate surface area is 175 Å². The minimum atomic E-state index is -4.68. The predicted molar refractivity (Wildman–Crippen MR) is 108 cm³/mol. The molecule has 0 aliphatic heterocycles. The van der Waals surface area contributed by atoms with Crippen LogP contribution in [0.1, 0.15) is 19.4 Å². The number of ether oxygens (including phenoxy) is 1. The maximum Gasteiger partial charge on any atom is 0.419 e. The van der Waals surface area contributed by atoms with Crippen LogP contribution in [0.25, 0.3) is 11.1 Å². The largest absolute Gasteiger partial charge is 0.439 e. The van der Waals surface area contributed by atoms with Crippen LogP contribution >= 0.6 is 0 Å². The molecule has 3 rings (SSSR count). The molecule has 1 heterocycles. The average molecular weight is 430 g/mol. The number of alkyl halides is 3. The minimum absolute atomic E-state index is 0.0831. The lowest BCUT2D eigenvalue weighted by atomic mass is 9.97. The van der Waals surface area contributed by atoms with Gasteiger partial charge in [-0.1, -0.05) is 24.3 Å². The fourth-order valence-corrected chi connectivity index (χ4v) is 2.86. The van der Waals surface area contributed by atoms with Gasteiger partial charge in [-0.25, -0.2) is 9.97 Å². The molecule has 2 N–H and O–H groups in total. The molecule has 0 atom stereocenters. The number of carbonyl (C=O) groups is 2. The molecule has 160 valence electrons. The maximum atomic E-state index is 13.7. The second-order valence-electron chi connectivity index (χ2n) is 6.46. The van der Waals surface area contributed by atoms with Gasteiger partial charge in [-0.2, -0.15) is 13.2 Å². The Morgan fingerprint density at radius 1 is 0.935 bits per heavy atom. The zero-order chi connectivity index (χ0) is 22.6. The predicted octanol–water partition coefficient (Wildman–Crippen LogP) is 4.87. The first-order valence-electron chi connectivity index (χ1n) is 8.99. The van der Waals surface area contributed by atoms with Gasteiger partial charge in [0.25, 0.3) is 0 Å². The van der Waals surface area contributed by atoms with Crippen molar-refractivity contribution in [2.24, 2.45) is 0 Å². The van der Waals surface area contributed by atoms with Crippen LogP contribution in [0.4, 0.5) is 24.7 Å². The Kier molecular flexibility index (Phi) is 6.19. The van der Waals surface area contributed by atoms with Gasteiger partial charge in [0.1, 0.15) is 17.9 Å². The van der Waals surface area contributed by atoms with Crippen LogP contribution in [0, 0.1) is 0 Å². The van der Waals surface area contributed by atoms with Gasteiger partial charge in [-0.15, -0.1) is 0 Å². The van der Waals surface area contributed by atoms with Crippen molar-refractivity contribution in [2.75, 3.05) is 10.6 Å². The van der Waals surface area contributed by atoms with E-state index in [1.165, 1.54) is 61.8 Å². The lowest BCUT2D eigenvalue weighted by Gasteiger charge is -2.18. The van der Waals surface area contributed by atoms with E-state index in [0.29, 0.717) is 5.75 Å². The molecular formula is C21H17F3N4O3. The van der Waals surface area contributed by atoms with Gasteiger partial charge in [0, 0.05) is 19.9 Å². The van der Waals surface area contributed by atoms with Gasteiger partial charge in [0.2, 0.25) is 17.7 Å². The number of halogens is 3. The highest BCUT2D eigenvalue weighted by Crippen LogP contribution is 2.42. The summed E-state index contributed by atoms with van der Waals surface area (Å²) in [5, 5.41) is 4.72. The highest BCUT2D eigenvalue weighted by atomic mass is 19.4. The van der Waals surface area contributed by atoms with Gasteiger partial charge in [0.15, 0.2) is 0 Å². The van der Waals surface area contributed by atoms with E-state index in [1.54, 1.807) is 0 Å². The number of hydrogen-bond donors (Lipinski definition) is 2. The second-order valence-corrected chi connectivity index (χ2v) is 6.46. The molecule has 2 aromatic carbocycles. The summed E-state index contributed by atoms with van der Waals surface area (Å²) in [6, 6.07) is 11.3. The van der Waals surface area contributed by atoms with Crippen LogP contribution in [-0.2, 0) is 15.8 Å². The molecule has 10 heteroatoms. The SMILES string of the molecule is CC(=O)Nc1cc(Oc2ccc(-c3cccc(NC(C)=O)c3C(F)(F)F)cc2)ncn1. The van der Waals surface area contributed by atoms with Crippen LogP contribution in [0.5, 0.6) is 11.6 Å². The number of nitrogens with one attached hydrogen (secondary N) is 2. The molecule has 0 spiro atoms. The number of rotatable bonds is 5. The van der Waals surface area contributed by atoms with E-state index >= 15 is 0 Å². The van der Waals surface area contributed by atoms with E-state index < -0.39 is 17.6 Å². The number of benzene rings is 2. The van der Waals surface area contributed by atoms with Gasteiger partial charge in [0.05, 0.1) is 11.3 Å². The molecule has 0 aliphatic rings. The molecule has 1 aromatic heterocycles. The summed E-state index contributed by atoms with van der Waals surface area (Å²) < 4.78 is 46.7. The van der Waals surface area contributed by atoms with Gasteiger partial charge in [-0.3, -0.25) is 9.59 Å².